The number of aryl methyl sites for hydroxylation is 1. The Bertz CT molecular complexity index is 579. The number of nitrogens with one attached hydrogen (secondary N) is 1. The smallest absolute Gasteiger partial charge is 0.270 e. The standard InChI is InChI=1S/C12H15N5O2/c1-7(2)11-13-5-4-9(15-11)12(18)14-6-10-17-16-8(3)19-10/h4-5,7H,6H2,1-3H3,(H,14,18). The van der Waals surface area contributed by atoms with E-state index in [1.165, 1.54) is 0 Å². The minimum atomic E-state index is -0.292. The molecule has 0 aliphatic carbocycles. The summed E-state index contributed by atoms with van der Waals surface area (Å²) in [6, 6.07) is 1.57. The maximum atomic E-state index is 11.9. The predicted octanol–water partition coefficient (Wildman–Crippen LogP) is 1.22. The van der Waals surface area contributed by atoms with Gasteiger partial charge in [-0.3, -0.25) is 4.79 Å². The predicted molar refractivity (Wildman–Crippen MR) is 66.3 cm³/mol. The molecule has 0 aromatic carbocycles. The van der Waals surface area contributed by atoms with E-state index in [-0.39, 0.29) is 18.4 Å². The highest BCUT2D eigenvalue weighted by molar-refractivity contribution is 5.92. The maximum absolute atomic E-state index is 11.9. The summed E-state index contributed by atoms with van der Waals surface area (Å²) >= 11 is 0. The molecule has 2 aromatic heterocycles. The van der Waals surface area contributed by atoms with Gasteiger partial charge in [-0.2, -0.15) is 0 Å². The molecular weight excluding hydrogens is 246 g/mol. The minimum Gasteiger partial charge on any atom is -0.424 e. The lowest BCUT2D eigenvalue weighted by atomic mass is 10.2. The van der Waals surface area contributed by atoms with Gasteiger partial charge in [0.2, 0.25) is 11.8 Å². The van der Waals surface area contributed by atoms with Gasteiger partial charge in [-0.1, -0.05) is 13.8 Å². The topological polar surface area (TPSA) is 93.8 Å². The highest BCUT2D eigenvalue weighted by Crippen LogP contribution is 2.08. The molecule has 0 saturated carbocycles. The average molecular weight is 261 g/mol. The Balaban J connectivity index is 2.01. The van der Waals surface area contributed by atoms with Crippen molar-refractivity contribution < 1.29 is 9.21 Å². The third-order valence-corrected chi connectivity index (χ3v) is 2.39. The third kappa shape index (κ3) is 3.34. The van der Waals surface area contributed by atoms with Gasteiger partial charge in [-0.25, -0.2) is 9.97 Å². The second-order valence-electron chi connectivity index (χ2n) is 4.35. The highest BCUT2D eigenvalue weighted by Gasteiger charge is 2.11. The van der Waals surface area contributed by atoms with Gasteiger partial charge < -0.3 is 9.73 Å². The molecule has 0 saturated heterocycles. The number of aromatic nitrogens is 4. The molecule has 0 aliphatic heterocycles. The van der Waals surface area contributed by atoms with Crippen LogP contribution in [0.5, 0.6) is 0 Å². The van der Waals surface area contributed by atoms with Crippen LogP contribution >= 0.6 is 0 Å². The molecule has 0 aliphatic rings. The molecule has 7 nitrogen and oxygen atoms in total. The normalized spacial score (nSPS) is 10.7. The van der Waals surface area contributed by atoms with Gasteiger partial charge in [0.05, 0.1) is 6.54 Å². The van der Waals surface area contributed by atoms with Crippen molar-refractivity contribution in [2.24, 2.45) is 0 Å². The molecule has 19 heavy (non-hydrogen) atoms. The van der Waals surface area contributed by atoms with Gasteiger partial charge in [0.1, 0.15) is 11.5 Å². The zero-order valence-corrected chi connectivity index (χ0v) is 11.0. The molecule has 7 heteroatoms. The Morgan fingerprint density at radius 3 is 2.84 bits per heavy atom. The Morgan fingerprint density at radius 2 is 2.21 bits per heavy atom. The van der Waals surface area contributed by atoms with Crippen LogP contribution in [0, 0.1) is 6.92 Å². The summed E-state index contributed by atoms with van der Waals surface area (Å²) in [5, 5.41) is 10.1. The SMILES string of the molecule is Cc1nnc(CNC(=O)c2ccnc(C(C)C)n2)o1. The zero-order valence-electron chi connectivity index (χ0n) is 11.0. The number of nitrogens with zero attached hydrogens (tertiary/aromatic N) is 4. The maximum Gasteiger partial charge on any atom is 0.270 e. The summed E-state index contributed by atoms with van der Waals surface area (Å²) in [4.78, 5) is 20.2. The van der Waals surface area contributed by atoms with Crippen LogP contribution in [0.15, 0.2) is 16.7 Å². The number of amides is 1. The molecular formula is C12H15N5O2. The second kappa shape index (κ2) is 5.55. The van der Waals surface area contributed by atoms with Crippen molar-refractivity contribution in [1.82, 2.24) is 25.5 Å². The van der Waals surface area contributed by atoms with E-state index in [0.29, 0.717) is 23.3 Å². The molecule has 2 rings (SSSR count). The summed E-state index contributed by atoms with van der Waals surface area (Å²) in [6.07, 6.45) is 1.58. The number of hydrogen-bond acceptors (Lipinski definition) is 6. The lowest BCUT2D eigenvalue weighted by molar-refractivity contribution is 0.0941. The van der Waals surface area contributed by atoms with E-state index < -0.39 is 0 Å². The molecule has 0 spiro atoms. The zero-order chi connectivity index (χ0) is 13.8. The third-order valence-electron chi connectivity index (χ3n) is 2.39. The molecule has 0 bridgehead atoms. The fraction of sp³-hybridized carbons (Fsp3) is 0.417. The van der Waals surface area contributed by atoms with E-state index in [1.807, 2.05) is 13.8 Å². The van der Waals surface area contributed by atoms with Gasteiger partial charge in [-0.05, 0) is 6.07 Å². The Kier molecular flexibility index (Phi) is 3.84. The Hall–Kier alpha value is -2.31. The number of hydrogen-bond donors (Lipinski definition) is 1. The van der Waals surface area contributed by atoms with Crippen molar-refractivity contribution in [3.63, 3.8) is 0 Å². The summed E-state index contributed by atoms with van der Waals surface area (Å²) in [6.45, 7) is 5.81. The fourth-order valence-electron chi connectivity index (χ4n) is 1.43. The number of carbonyl (C=O) groups excluding carboxylic acids is 1. The van der Waals surface area contributed by atoms with Crippen LogP contribution in [0.1, 0.15) is 47.9 Å². The highest BCUT2D eigenvalue weighted by atomic mass is 16.4. The van der Waals surface area contributed by atoms with Crippen LogP contribution in [0.4, 0.5) is 0 Å². The molecule has 0 atom stereocenters. The minimum absolute atomic E-state index is 0.173. The molecule has 0 radical (unpaired) electrons. The molecule has 2 aromatic rings. The number of carbonyl (C=O) groups is 1. The summed E-state index contributed by atoms with van der Waals surface area (Å²) < 4.78 is 5.16. The molecule has 2 heterocycles. The van der Waals surface area contributed by atoms with Gasteiger partial charge in [0, 0.05) is 19.0 Å². The molecule has 0 unspecified atom stereocenters. The van der Waals surface area contributed by atoms with E-state index in [0.717, 1.165) is 0 Å². The van der Waals surface area contributed by atoms with Crippen LogP contribution in [0.3, 0.4) is 0 Å². The summed E-state index contributed by atoms with van der Waals surface area (Å²) in [5.74, 6) is 1.35. The quantitative estimate of drug-likeness (QED) is 0.889. The first-order valence-electron chi connectivity index (χ1n) is 5.96. The van der Waals surface area contributed by atoms with Crippen molar-refractivity contribution in [3.05, 3.63) is 35.6 Å². The van der Waals surface area contributed by atoms with E-state index in [9.17, 15) is 4.79 Å². The van der Waals surface area contributed by atoms with E-state index in [2.05, 4.69) is 25.5 Å². The van der Waals surface area contributed by atoms with Crippen molar-refractivity contribution in [2.75, 3.05) is 0 Å². The fourth-order valence-corrected chi connectivity index (χ4v) is 1.43. The first-order chi connectivity index (χ1) is 9.06. The first-order valence-corrected chi connectivity index (χ1v) is 5.96. The van der Waals surface area contributed by atoms with Crippen molar-refractivity contribution in [2.45, 2.75) is 33.2 Å². The van der Waals surface area contributed by atoms with Gasteiger partial charge in [-0.15, -0.1) is 10.2 Å². The van der Waals surface area contributed by atoms with Gasteiger partial charge >= 0.3 is 0 Å². The lowest BCUT2D eigenvalue weighted by Gasteiger charge is -2.05. The first kappa shape index (κ1) is 13.1. The van der Waals surface area contributed by atoms with E-state index in [4.69, 9.17) is 4.42 Å². The van der Waals surface area contributed by atoms with Crippen LogP contribution in [0.25, 0.3) is 0 Å². The van der Waals surface area contributed by atoms with Crippen molar-refractivity contribution in [1.29, 1.82) is 0 Å². The molecule has 1 amide bonds. The average Bonchev–Trinajstić information content (AvgIpc) is 2.82. The van der Waals surface area contributed by atoms with Crippen LogP contribution < -0.4 is 5.32 Å². The van der Waals surface area contributed by atoms with Crippen molar-refractivity contribution >= 4 is 5.91 Å². The largest absolute Gasteiger partial charge is 0.424 e. The Labute approximate surface area is 110 Å². The summed E-state index contributed by atoms with van der Waals surface area (Å²) in [7, 11) is 0. The van der Waals surface area contributed by atoms with E-state index in [1.54, 1.807) is 19.2 Å². The monoisotopic (exact) mass is 261 g/mol. The van der Waals surface area contributed by atoms with Gasteiger partial charge in [0.15, 0.2) is 0 Å². The Morgan fingerprint density at radius 1 is 1.42 bits per heavy atom. The molecule has 100 valence electrons. The second-order valence-corrected chi connectivity index (χ2v) is 4.35. The lowest BCUT2D eigenvalue weighted by Crippen LogP contribution is -2.24. The van der Waals surface area contributed by atoms with E-state index >= 15 is 0 Å². The molecule has 0 fully saturated rings. The van der Waals surface area contributed by atoms with Crippen molar-refractivity contribution in [3.8, 4) is 0 Å². The van der Waals surface area contributed by atoms with Crippen LogP contribution in [0.2, 0.25) is 0 Å². The summed E-state index contributed by atoms with van der Waals surface area (Å²) in [5.41, 5.74) is 0.329. The number of rotatable bonds is 4. The van der Waals surface area contributed by atoms with Crippen LogP contribution in [-0.4, -0.2) is 26.1 Å². The molecule has 1 N–H and O–H groups in total. The van der Waals surface area contributed by atoms with Gasteiger partial charge in [0.25, 0.3) is 5.91 Å². The van der Waals surface area contributed by atoms with Crippen LogP contribution in [-0.2, 0) is 6.54 Å².